The number of likely N-dealkylation sites (tertiary alicyclic amines) is 1. The first-order valence-electron chi connectivity index (χ1n) is 6.51. The molecule has 1 aromatic heterocycles. The molecule has 4 nitrogen and oxygen atoms in total. The Bertz CT molecular complexity index is 407. The number of carboxylic acids is 1. The van der Waals surface area contributed by atoms with Crippen LogP contribution in [0.25, 0.3) is 0 Å². The maximum Gasteiger partial charge on any atom is 0.324 e. The first kappa shape index (κ1) is 13.5. The summed E-state index contributed by atoms with van der Waals surface area (Å²) >= 11 is 1.60. The summed E-state index contributed by atoms with van der Waals surface area (Å²) in [7, 11) is 0. The third-order valence-electron chi connectivity index (χ3n) is 3.88. The minimum atomic E-state index is -0.681. The van der Waals surface area contributed by atoms with Crippen molar-refractivity contribution >= 4 is 17.3 Å². The summed E-state index contributed by atoms with van der Waals surface area (Å²) in [6.45, 7) is 4.97. The second kappa shape index (κ2) is 5.36. The van der Waals surface area contributed by atoms with Crippen molar-refractivity contribution in [2.24, 2.45) is 0 Å². The number of carboxylic acid groups (broad SMARTS) is 1. The van der Waals surface area contributed by atoms with Crippen LogP contribution in [-0.4, -0.2) is 33.0 Å². The molecule has 2 unspecified atom stereocenters. The van der Waals surface area contributed by atoms with Crippen LogP contribution in [0.5, 0.6) is 0 Å². The van der Waals surface area contributed by atoms with E-state index < -0.39 is 11.5 Å². The Balaban J connectivity index is 2.27. The summed E-state index contributed by atoms with van der Waals surface area (Å²) in [4.78, 5) is 18.2. The van der Waals surface area contributed by atoms with Gasteiger partial charge in [0.25, 0.3) is 0 Å². The number of hydrogen-bond acceptors (Lipinski definition) is 4. The molecule has 18 heavy (non-hydrogen) atoms. The molecular weight excluding hydrogens is 248 g/mol. The summed E-state index contributed by atoms with van der Waals surface area (Å²) in [5.74, 6) is -0.676. The zero-order chi connectivity index (χ0) is 13.2. The monoisotopic (exact) mass is 268 g/mol. The average molecular weight is 268 g/mol. The van der Waals surface area contributed by atoms with Crippen molar-refractivity contribution in [3.63, 3.8) is 0 Å². The van der Waals surface area contributed by atoms with Gasteiger partial charge in [-0.1, -0.05) is 13.3 Å². The molecule has 0 aromatic carbocycles. The van der Waals surface area contributed by atoms with Crippen LogP contribution in [0.3, 0.4) is 0 Å². The predicted octanol–water partition coefficient (Wildman–Crippen LogP) is 2.92. The van der Waals surface area contributed by atoms with Gasteiger partial charge >= 0.3 is 5.97 Å². The third-order valence-corrected chi connectivity index (χ3v) is 4.82. The lowest BCUT2D eigenvalue weighted by Crippen LogP contribution is -2.51. The first-order valence-corrected chi connectivity index (χ1v) is 7.39. The van der Waals surface area contributed by atoms with Crippen molar-refractivity contribution in [1.29, 1.82) is 0 Å². The summed E-state index contributed by atoms with van der Waals surface area (Å²) in [5, 5.41) is 12.6. The molecule has 1 saturated heterocycles. The molecule has 1 aromatic rings. The number of carbonyl (C=O) groups is 1. The zero-order valence-corrected chi connectivity index (χ0v) is 11.7. The summed E-state index contributed by atoms with van der Waals surface area (Å²) < 4.78 is 0. The van der Waals surface area contributed by atoms with Crippen LogP contribution >= 0.6 is 11.3 Å². The van der Waals surface area contributed by atoms with Crippen molar-refractivity contribution in [3.05, 3.63) is 16.6 Å². The molecule has 1 aliphatic rings. The normalized spacial score (nSPS) is 26.3. The van der Waals surface area contributed by atoms with Gasteiger partial charge in [-0.15, -0.1) is 11.3 Å². The minimum Gasteiger partial charge on any atom is -0.480 e. The molecule has 0 aliphatic carbocycles. The highest BCUT2D eigenvalue weighted by atomic mass is 32.1. The highest BCUT2D eigenvalue weighted by Gasteiger charge is 2.49. The minimum absolute atomic E-state index is 0.0927. The van der Waals surface area contributed by atoms with E-state index in [1.165, 1.54) is 0 Å². The largest absolute Gasteiger partial charge is 0.480 e. The molecule has 1 N–H and O–H groups in total. The van der Waals surface area contributed by atoms with Gasteiger partial charge in [0, 0.05) is 18.1 Å². The fourth-order valence-electron chi connectivity index (χ4n) is 3.06. The maximum absolute atomic E-state index is 11.7. The molecule has 2 rings (SSSR count). The quantitative estimate of drug-likeness (QED) is 0.892. The highest BCUT2D eigenvalue weighted by molar-refractivity contribution is 7.09. The van der Waals surface area contributed by atoms with Gasteiger partial charge in [0.1, 0.15) is 10.5 Å². The molecule has 1 fully saturated rings. The zero-order valence-electron chi connectivity index (χ0n) is 10.9. The molecule has 0 bridgehead atoms. The van der Waals surface area contributed by atoms with Crippen LogP contribution in [0.15, 0.2) is 11.6 Å². The van der Waals surface area contributed by atoms with Crippen LogP contribution in [-0.2, 0) is 4.79 Å². The number of aromatic nitrogens is 1. The molecule has 0 radical (unpaired) electrons. The average Bonchev–Trinajstić information content (AvgIpc) is 2.98. The molecule has 100 valence electrons. The molecular formula is C13H20N2O2S. The van der Waals surface area contributed by atoms with Gasteiger partial charge in [0.2, 0.25) is 0 Å². The van der Waals surface area contributed by atoms with Crippen LogP contribution in [0.2, 0.25) is 0 Å². The SMILES string of the molecule is CCCC1(C(=O)O)CCCN1C(C)c1nccs1. The van der Waals surface area contributed by atoms with Gasteiger partial charge in [-0.2, -0.15) is 0 Å². The standard InChI is InChI=1S/C13H20N2O2S/c1-3-5-13(12(16)17)6-4-8-15(13)10(2)11-14-7-9-18-11/h7,9-10H,3-6,8H2,1-2H3,(H,16,17). The van der Waals surface area contributed by atoms with Crippen LogP contribution < -0.4 is 0 Å². The van der Waals surface area contributed by atoms with E-state index in [2.05, 4.69) is 23.7 Å². The van der Waals surface area contributed by atoms with Crippen molar-refractivity contribution in [2.45, 2.75) is 51.1 Å². The Morgan fingerprint density at radius 3 is 3.06 bits per heavy atom. The number of aliphatic carboxylic acids is 1. The lowest BCUT2D eigenvalue weighted by molar-refractivity contribution is -0.151. The van der Waals surface area contributed by atoms with Crippen molar-refractivity contribution in [2.75, 3.05) is 6.54 Å². The summed E-state index contributed by atoms with van der Waals surface area (Å²) in [6.07, 6.45) is 5.12. The van der Waals surface area contributed by atoms with E-state index in [0.29, 0.717) is 0 Å². The lowest BCUT2D eigenvalue weighted by atomic mass is 9.90. The van der Waals surface area contributed by atoms with Crippen molar-refractivity contribution < 1.29 is 9.90 Å². The highest BCUT2D eigenvalue weighted by Crippen LogP contribution is 2.40. The van der Waals surface area contributed by atoms with Gasteiger partial charge in [-0.25, -0.2) is 4.98 Å². The Labute approximate surface area is 112 Å². The number of rotatable bonds is 5. The van der Waals surface area contributed by atoms with Gasteiger partial charge < -0.3 is 5.11 Å². The summed E-state index contributed by atoms with van der Waals surface area (Å²) in [6, 6.07) is 0.0927. The number of thiazole rings is 1. The second-order valence-corrected chi connectivity index (χ2v) is 5.86. The molecule has 0 spiro atoms. The fourth-order valence-corrected chi connectivity index (χ4v) is 3.76. The number of hydrogen-bond donors (Lipinski definition) is 1. The van der Waals surface area contributed by atoms with Gasteiger partial charge in [-0.05, 0) is 26.2 Å². The molecule has 2 heterocycles. The number of nitrogens with zero attached hydrogens (tertiary/aromatic N) is 2. The van der Waals surface area contributed by atoms with Crippen molar-refractivity contribution in [1.82, 2.24) is 9.88 Å². The Morgan fingerprint density at radius 2 is 2.50 bits per heavy atom. The Kier molecular flexibility index (Phi) is 4.02. The Hall–Kier alpha value is -0.940. The first-order chi connectivity index (χ1) is 8.62. The van der Waals surface area contributed by atoms with E-state index in [9.17, 15) is 9.90 Å². The van der Waals surface area contributed by atoms with E-state index in [1.54, 1.807) is 17.5 Å². The lowest BCUT2D eigenvalue weighted by Gasteiger charge is -2.38. The summed E-state index contributed by atoms with van der Waals surface area (Å²) in [5.41, 5.74) is -0.681. The third kappa shape index (κ3) is 2.17. The van der Waals surface area contributed by atoms with E-state index in [4.69, 9.17) is 0 Å². The van der Waals surface area contributed by atoms with Gasteiger partial charge in [0.15, 0.2) is 0 Å². The van der Waals surface area contributed by atoms with Gasteiger partial charge in [0.05, 0.1) is 6.04 Å². The van der Waals surface area contributed by atoms with E-state index in [0.717, 1.165) is 37.2 Å². The second-order valence-electron chi connectivity index (χ2n) is 4.93. The van der Waals surface area contributed by atoms with E-state index in [-0.39, 0.29) is 6.04 Å². The predicted molar refractivity (Wildman–Crippen MR) is 71.7 cm³/mol. The molecule has 5 heteroatoms. The van der Waals surface area contributed by atoms with Gasteiger partial charge in [-0.3, -0.25) is 9.69 Å². The topological polar surface area (TPSA) is 53.4 Å². The Morgan fingerprint density at radius 1 is 1.72 bits per heavy atom. The van der Waals surface area contributed by atoms with Crippen molar-refractivity contribution in [3.8, 4) is 0 Å². The molecule has 0 saturated carbocycles. The molecule has 0 amide bonds. The molecule has 2 atom stereocenters. The van der Waals surface area contributed by atoms with E-state index >= 15 is 0 Å². The van der Waals surface area contributed by atoms with E-state index in [1.807, 2.05) is 5.38 Å². The molecule has 1 aliphatic heterocycles. The fraction of sp³-hybridized carbons (Fsp3) is 0.692. The maximum atomic E-state index is 11.7. The van der Waals surface area contributed by atoms with Crippen LogP contribution in [0, 0.1) is 0 Å². The smallest absolute Gasteiger partial charge is 0.324 e. The van der Waals surface area contributed by atoms with Crippen LogP contribution in [0.4, 0.5) is 0 Å². The van der Waals surface area contributed by atoms with Crippen LogP contribution in [0.1, 0.15) is 50.6 Å².